The first kappa shape index (κ1) is 36.4. The van der Waals surface area contributed by atoms with Gasteiger partial charge >= 0.3 is 11.9 Å². The molecular formula is C34H62O4. The lowest BCUT2D eigenvalue weighted by molar-refractivity contribution is -0.138. The minimum atomic E-state index is -0.359. The zero-order valence-electron chi connectivity index (χ0n) is 25.3. The van der Waals surface area contributed by atoms with Crippen LogP contribution in [0.1, 0.15) is 168 Å². The van der Waals surface area contributed by atoms with Crippen molar-refractivity contribution in [1.82, 2.24) is 0 Å². The van der Waals surface area contributed by atoms with E-state index in [1.807, 2.05) is 0 Å². The fourth-order valence-corrected chi connectivity index (χ4v) is 4.60. The number of rotatable bonds is 29. The summed E-state index contributed by atoms with van der Waals surface area (Å²) in [5, 5.41) is 0. The number of carbonyl (C=O) groups excluding carboxylic acids is 2. The van der Waals surface area contributed by atoms with Crippen LogP contribution in [0.2, 0.25) is 0 Å². The smallest absolute Gasteiger partial charge is 0.330 e. The van der Waals surface area contributed by atoms with Crippen LogP contribution in [0.15, 0.2) is 24.3 Å². The van der Waals surface area contributed by atoms with Crippen LogP contribution in [-0.2, 0) is 19.1 Å². The van der Waals surface area contributed by atoms with Gasteiger partial charge in [-0.1, -0.05) is 167 Å². The predicted octanol–water partition coefficient (Wildman–Crippen LogP) is 10.6. The highest BCUT2D eigenvalue weighted by atomic mass is 16.5. The van der Waals surface area contributed by atoms with Crippen LogP contribution < -0.4 is 0 Å². The Morgan fingerprint density at radius 3 is 0.895 bits per heavy atom. The number of allylic oxidation sites excluding steroid dienone is 2. The Kier molecular flexibility index (Phi) is 30.3. The van der Waals surface area contributed by atoms with Crippen molar-refractivity contribution in [3.63, 3.8) is 0 Å². The third-order valence-corrected chi connectivity index (χ3v) is 7.06. The summed E-state index contributed by atoms with van der Waals surface area (Å²) in [5.74, 6) is -0.717. The first-order valence-electron chi connectivity index (χ1n) is 16.4. The van der Waals surface area contributed by atoms with Gasteiger partial charge < -0.3 is 9.47 Å². The molecule has 0 heterocycles. The molecule has 0 saturated heterocycles. The second kappa shape index (κ2) is 31.6. The van der Waals surface area contributed by atoms with E-state index in [2.05, 4.69) is 13.8 Å². The SMILES string of the molecule is CCCCCCCCCCCCCCOC(=O)/C=C\C=C/C(=O)OCCCCCCCCCCCCCC. The molecule has 0 atom stereocenters. The van der Waals surface area contributed by atoms with Crippen molar-refractivity contribution in [2.45, 2.75) is 168 Å². The van der Waals surface area contributed by atoms with E-state index < -0.39 is 0 Å². The van der Waals surface area contributed by atoms with Crippen LogP contribution in [0.4, 0.5) is 0 Å². The molecule has 0 unspecified atom stereocenters. The van der Waals surface area contributed by atoms with Gasteiger partial charge in [-0.05, 0) is 12.8 Å². The Bertz CT molecular complexity index is 517. The number of ether oxygens (including phenoxy) is 2. The number of carbonyl (C=O) groups is 2. The van der Waals surface area contributed by atoms with E-state index in [9.17, 15) is 9.59 Å². The van der Waals surface area contributed by atoms with E-state index in [1.54, 1.807) is 0 Å². The van der Waals surface area contributed by atoms with E-state index in [0.29, 0.717) is 13.2 Å². The highest BCUT2D eigenvalue weighted by molar-refractivity contribution is 5.84. The largest absolute Gasteiger partial charge is 0.463 e. The molecule has 0 fully saturated rings. The number of unbranched alkanes of at least 4 members (excludes halogenated alkanes) is 22. The number of esters is 2. The normalized spacial score (nSPS) is 11.5. The molecule has 4 heteroatoms. The second-order valence-corrected chi connectivity index (χ2v) is 10.8. The lowest BCUT2D eigenvalue weighted by atomic mass is 10.1. The monoisotopic (exact) mass is 534 g/mol. The van der Waals surface area contributed by atoms with E-state index in [1.165, 1.54) is 153 Å². The second-order valence-electron chi connectivity index (χ2n) is 10.8. The topological polar surface area (TPSA) is 52.6 Å². The summed E-state index contributed by atoms with van der Waals surface area (Å²) < 4.78 is 10.4. The van der Waals surface area contributed by atoms with Gasteiger partial charge in [0.1, 0.15) is 0 Å². The zero-order chi connectivity index (χ0) is 27.8. The molecule has 0 spiro atoms. The van der Waals surface area contributed by atoms with Gasteiger partial charge in [0.25, 0.3) is 0 Å². The lowest BCUT2D eigenvalue weighted by Crippen LogP contribution is -2.03. The number of hydrogen-bond donors (Lipinski definition) is 0. The molecule has 0 radical (unpaired) electrons. The van der Waals surface area contributed by atoms with Crippen LogP contribution in [0, 0.1) is 0 Å². The van der Waals surface area contributed by atoms with Crippen LogP contribution >= 0.6 is 0 Å². The summed E-state index contributed by atoms with van der Waals surface area (Å²) in [6, 6.07) is 0. The van der Waals surface area contributed by atoms with Crippen LogP contribution in [0.3, 0.4) is 0 Å². The predicted molar refractivity (Wildman–Crippen MR) is 162 cm³/mol. The molecule has 0 aliphatic heterocycles. The molecule has 0 aliphatic rings. The average Bonchev–Trinajstić information content (AvgIpc) is 2.92. The maximum absolute atomic E-state index is 11.7. The van der Waals surface area contributed by atoms with Crippen molar-refractivity contribution < 1.29 is 19.1 Å². The van der Waals surface area contributed by atoms with Crippen molar-refractivity contribution in [3.05, 3.63) is 24.3 Å². The molecule has 38 heavy (non-hydrogen) atoms. The first-order chi connectivity index (χ1) is 18.7. The summed E-state index contributed by atoms with van der Waals surface area (Å²) in [6.07, 6.45) is 36.7. The number of hydrogen-bond acceptors (Lipinski definition) is 4. The molecular weight excluding hydrogens is 472 g/mol. The van der Waals surface area contributed by atoms with Gasteiger partial charge in [-0.25, -0.2) is 9.59 Å². The molecule has 0 N–H and O–H groups in total. The van der Waals surface area contributed by atoms with Gasteiger partial charge in [0.2, 0.25) is 0 Å². The molecule has 0 saturated carbocycles. The standard InChI is InChI=1S/C34H62O4/c1-3-5-7-9-11-13-15-17-19-21-23-27-31-37-33(35)29-25-26-30-34(36)38-32-28-24-22-20-18-16-14-12-10-8-6-4-2/h25-26,29-30H,3-24,27-28,31-32H2,1-2H3/b29-25-,30-26-. The van der Waals surface area contributed by atoms with Crippen molar-refractivity contribution in [1.29, 1.82) is 0 Å². The Morgan fingerprint density at radius 1 is 0.395 bits per heavy atom. The molecule has 0 amide bonds. The lowest BCUT2D eigenvalue weighted by Gasteiger charge is -2.03. The fourth-order valence-electron chi connectivity index (χ4n) is 4.60. The first-order valence-corrected chi connectivity index (χ1v) is 16.4. The Labute approximate surface area is 236 Å². The molecule has 222 valence electrons. The Hall–Kier alpha value is -1.58. The minimum absolute atomic E-state index is 0.359. The summed E-state index contributed by atoms with van der Waals surface area (Å²) >= 11 is 0. The maximum Gasteiger partial charge on any atom is 0.330 e. The minimum Gasteiger partial charge on any atom is -0.463 e. The van der Waals surface area contributed by atoms with E-state index >= 15 is 0 Å². The van der Waals surface area contributed by atoms with Crippen LogP contribution in [-0.4, -0.2) is 25.2 Å². The van der Waals surface area contributed by atoms with E-state index in [4.69, 9.17) is 9.47 Å². The van der Waals surface area contributed by atoms with Gasteiger partial charge in [-0.15, -0.1) is 0 Å². The van der Waals surface area contributed by atoms with Crippen molar-refractivity contribution >= 4 is 11.9 Å². The van der Waals surface area contributed by atoms with Crippen molar-refractivity contribution in [3.8, 4) is 0 Å². The summed E-state index contributed by atoms with van der Waals surface area (Å²) in [7, 11) is 0. The van der Waals surface area contributed by atoms with Gasteiger partial charge in [0, 0.05) is 12.2 Å². The third kappa shape index (κ3) is 30.6. The summed E-state index contributed by atoms with van der Waals surface area (Å²) in [4.78, 5) is 23.5. The molecule has 0 aromatic heterocycles. The highest BCUT2D eigenvalue weighted by Gasteiger charge is 1.99. The Balaban J connectivity index is 3.43. The molecule has 0 aromatic carbocycles. The molecule has 4 nitrogen and oxygen atoms in total. The Morgan fingerprint density at radius 2 is 0.632 bits per heavy atom. The van der Waals surface area contributed by atoms with Crippen molar-refractivity contribution in [2.75, 3.05) is 13.2 Å². The summed E-state index contributed by atoms with van der Waals surface area (Å²) in [5.41, 5.74) is 0. The summed E-state index contributed by atoms with van der Waals surface area (Å²) in [6.45, 7) is 5.45. The van der Waals surface area contributed by atoms with Gasteiger partial charge in [-0.2, -0.15) is 0 Å². The van der Waals surface area contributed by atoms with Crippen molar-refractivity contribution in [2.24, 2.45) is 0 Å². The molecule has 0 aliphatic carbocycles. The quantitative estimate of drug-likeness (QED) is 0.0414. The van der Waals surface area contributed by atoms with E-state index in [-0.39, 0.29) is 11.9 Å². The fraction of sp³-hybridized carbons (Fsp3) is 0.824. The van der Waals surface area contributed by atoms with Crippen LogP contribution in [0.5, 0.6) is 0 Å². The third-order valence-electron chi connectivity index (χ3n) is 7.06. The van der Waals surface area contributed by atoms with Gasteiger partial charge in [0.05, 0.1) is 13.2 Å². The van der Waals surface area contributed by atoms with Gasteiger partial charge in [0.15, 0.2) is 0 Å². The molecule has 0 bridgehead atoms. The molecule has 0 aromatic rings. The van der Waals surface area contributed by atoms with Gasteiger partial charge in [-0.3, -0.25) is 0 Å². The molecule has 0 rings (SSSR count). The average molecular weight is 535 g/mol. The zero-order valence-corrected chi connectivity index (χ0v) is 25.3. The van der Waals surface area contributed by atoms with E-state index in [0.717, 1.165) is 25.7 Å². The van der Waals surface area contributed by atoms with Crippen LogP contribution in [0.25, 0.3) is 0 Å². The maximum atomic E-state index is 11.7. The highest BCUT2D eigenvalue weighted by Crippen LogP contribution is 2.13.